The van der Waals surface area contributed by atoms with Crippen LogP contribution in [0.15, 0.2) is 61.4 Å². The Morgan fingerprint density at radius 1 is 0.955 bits per heavy atom. The molecular formula is C16H12N6. The Labute approximate surface area is 126 Å². The van der Waals surface area contributed by atoms with Crippen LogP contribution in [0.5, 0.6) is 0 Å². The number of rotatable bonds is 3. The molecule has 4 aromatic rings. The number of nitrogens with one attached hydrogen (secondary N) is 2. The summed E-state index contributed by atoms with van der Waals surface area (Å²) in [6.45, 7) is 0. The fourth-order valence-corrected chi connectivity index (χ4v) is 2.31. The van der Waals surface area contributed by atoms with Gasteiger partial charge in [0.05, 0.1) is 17.6 Å². The first kappa shape index (κ1) is 12.5. The molecule has 4 rings (SSSR count). The van der Waals surface area contributed by atoms with E-state index in [9.17, 15) is 0 Å². The van der Waals surface area contributed by atoms with Gasteiger partial charge < -0.3 is 10.3 Å². The van der Waals surface area contributed by atoms with Crippen LogP contribution in [0.1, 0.15) is 0 Å². The molecule has 0 atom stereocenters. The van der Waals surface area contributed by atoms with Gasteiger partial charge in [-0.15, -0.1) is 0 Å². The van der Waals surface area contributed by atoms with Crippen LogP contribution in [0.4, 0.5) is 11.6 Å². The highest BCUT2D eigenvalue weighted by atomic mass is 15.1. The molecule has 22 heavy (non-hydrogen) atoms. The maximum absolute atomic E-state index is 4.56. The maximum Gasteiger partial charge on any atom is 0.227 e. The highest BCUT2D eigenvalue weighted by Gasteiger charge is 2.08. The fraction of sp³-hybridized carbons (Fsp3) is 0. The number of pyridine rings is 2. The number of aromatic amines is 1. The predicted molar refractivity (Wildman–Crippen MR) is 84.6 cm³/mol. The minimum absolute atomic E-state index is 0.531. The van der Waals surface area contributed by atoms with Crippen LogP contribution < -0.4 is 5.32 Å². The molecule has 2 N–H and O–H groups in total. The van der Waals surface area contributed by atoms with Gasteiger partial charge in [-0.1, -0.05) is 0 Å². The highest BCUT2D eigenvalue weighted by molar-refractivity contribution is 5.93. The summed E-state index contributed by atoms with van der Waals surface area (Å²) in [6, 6.07) is 7.59. The van der Waals surface area contributed by atoms with Crippen molar-refractivity contribution in [1.82, 2.24) is 24.9 Å². The van der Waals surface area contributed by atoms with Gasteiger partial charge in [0.25, 0.3) is 0 Å². The Morgan fingerprint density at radius 3 is 2.82 bits per heavy atom. The SMILES string of the molecule is c1cncc(Nc2nccc(-c3c[nH]c4ccncc34)n2)c1. The van der Waals surface area contributed by atoms with E-state index < -0.39 is 0 Å². The molecule has 4 aromatic heterocycles. The summed E-state index contributed by atoms with van der Waals surface area (Å²) in [6.07, 6.45) is 10.7. The molecule has 0 spiro atoms. The van der Waals surface area contributed by atoms with E-state index in [1.54, 1.807) is 24.8 Å². The standard InChI is InChI=1S/C16H12N6/c1-2-11(8-17-5-1)21-16-19-7-4-15(22-16)13-10-20-14-3-6-18-9-12(13)14/h1-10,20H,(H,19,21,22). The van der Waals surface area contributed by atoms with E-state index in [-0.39, 0.29) is 0 Å². The van der Waals surface area contributed by atoms with Gasteiger partial charge in [-0.05, 0) is 24.3 Å². The Hall–Kier alpha value is -3.28. The topological polar surface area (TPSA) is 79.4 Å². The largest absolute Gasteiger partial charge is 0.360 e. The quantitative estimate of drug-likeness (QED) is 0.605. The molecule has 0 bridgehead atoms. The van der Waals surface area contributed by atoms with E-state index in [4.69, 9.17) is 0 Å². The molecule has 6 heteroatoms. The smallest absolute Gasteiger partial charge is 0.227 e. The minimum atomic E-state index is 0.531. The Bertz CT molecular complexity index is 916. The number of anilines is 2. The molecule has 0 aliphatic heterocycles. The second-order valence-electron chi connectivity index (χ2n) is 4.76. The summed E-state index contributed by atoms with van der Waals surface area (Å²) in [4.78, 5) is 20.3. The van der Waals surface area contributed by atoms with Crippen LogP contribution >= 0.6 is 0 Å². The van der Waals surface area contributed by atoms with Crippen LogP contribution in [-0.2, 0) is 0 Å². The van der Waals surface area contributed by atoms with Gasteiger partial charge in [0.15, 0.2) is 0 Å². The van der Waals surface area contributed by atoms with Crippen molar-refractivity contribution in [2.75, 3.05) is 5.32 Å². The van der Waals surface area contributed by atoms with Gasteiger partial charge in [0.2, 0.25) is 5.95 Å². The zero-order valence-electron chi connectivity index (χ0n) is 11.6. The van der Waals surface area contributed by atoms with E-state index in [1.165, 1.54) is 0 Å². The van der Waals surface area contributed by atoms with Crippen molar-refractivity contribution in [3.8, 4) is 11.3 Å². The molecule has 4 heterocycles. The lowest BCUT2D eigenvalue weighted by atomic mass is 10.1. The molecule has 0 unspecified atom stereocenters. The molecule has 0 amide bonds. The van der Waals surface area contributed by atoms with Crippen molar-refractivity contribution in [2.45, 2.75) is 0 Å². The molecule has 0 saturated carbocycles. The van der Waals surface area contributed by atoms with Crippen molar-refractivity contribution in [3.63, 3.8) is 0 Å². The molecule has 0 aliphatic carbocycles. The molecule has 0 aromatic carbocycles. The van der Waals surface area contributed by atoms with Gasteiger partial charge in [-0.3, -0.25) is 9.97 Å². The number of aromatic nitrogens is 5. The third-order valence-electron chi connectivity index (χ3n) is 3.33. The van der Waals surface area contributed by atoms with Crippen LogP contribution in [0.25, 0.3) is 22.2 Å². The zero-order chi connectivity index (χ0) is 14.8. The molecular weight excluding hydrogens is 276 g/mol. The van der Waals surface area contributed by atoms with Gasteiger partial charge in [0, 0.05) is 47.5 Å². The predicted octanol–water partition coefficient (Wildman–Crippen LogP) is 3.16. The second-order valence-corrected chi connectivity index (χ2v) is 4.76. The van der Waals surface area contributed by atoms with Crippen molar-refractivity contribution in [1.29, 1.82) is 0 Å². The first-order valence-electron chi connectivity index (χ1n) is 6.82. The first-order chi connectivity index (χ1) is 10.9. The first-order valence-corrected chi connectivity index (χ1v) is 6.82. The summed E-state index contributed by atoms with van der Waals surface area (Å²) >= 11 is 0. The second kappa shape index (κ2) is 5.25. The lowest BCUT2D eigenvalue weighted by Crippen LogP contribution is -1.97. The average molecular weight is 288 g/mol. The Balaban J connectivity index is 1.73. The summed E-state index contributed by atoms with van der Waals surface area (Å²) in [5.74, 6) is 0.531. The van der Waals surface area contributed by atoms with E-state index in [0.29, 0.717) is 5.95 Å². The van der Waals surface area contributed by atoms with Crippen LogP contribution in [0, 0.1) is 0 Å². The van der Waals surface area contributed by atoms with Crippen molar-refractivity contribution < 1.29 is 0 Å². The molecule has 6 nitrogen and oxygen atoms in total. The van der Waals surface area contributed by atoms with Gasteiger partial charge >= 0.3 is 0 Å². The molecule has 106 valence electrons. The van der Waals surface area contributed by atoms with E-state index in [2.05, 4.69) is 30.2 Å². The summed E-state index contributed by atoms with van der Waals surface area (Å²) < 4.78 is 0. The summed E-state index contributed by atoms with van der Waals surface area (Å²) in [5.41, 5.74) is 3.71. The van der Waals surface area contributed by atoms with Gasteiger partial charge in [-0.2, -0.15) is 0 Å². The third kappa shape index (κ3) is 2.26. The fourth-order valence-electron chi connectivity index (χ4n) is 2.31. The normalized spacial score (nSPS) is 10.7. The number of hydrogen-bond donors (Lipinski definition) is 2. The average Bonchev–Trinajstić information content (AvgIpc) is 3.00. The van der Waals surface area contributed by atoms with Crippen LogP contribution in [-0.4, -0.2) is 24.9 Å². The monoisotopic (exact) mass is 288 g/mol. The summed E-state index contributed by atoms with van der Waals surface area (Å²) in [5, 5.41) is 4.18. The minimum Gasteiger partial charge on any atom is -0.360 e. The Kier molecular flexibility index (Phi) is 2.97. The molecule has 0 radical (unpaired) electrons. The number of nitrogens with zero attached hydrogens (tertiary/aromatic N) is 4. The summed E-state index contributed by atoms with van der Waals surface area (Å²) in [7, 11) is 0. The van der Waals surface area contributed by atoms with E-state index >= 15 is 0 Å². The lowest BCUT2D eigenvalue weighted by Gasteiger charge is -2.05. The number of hydrogen-bond acceptors (Lipinski definition) is 5. The number of fused-ring (bicyclic) bond motifs is 1. The number of H-pyrrole nitrogens is 1. The van der Waals surface area contributed by atoms with E-state index in [1.807, 2.05) is 36.7 Å². The van der Waals surface area contributed by atoms with Crippen molar-refractivity contribution in [2.24, 2.45) is 0 Å². The van der Waals surface area contributed by atoms with Crippen molar-refractivity contribution >= 4 is 22.5 Å². The van der Waals surface area contributed by atoms with E-state index in [0.717, 1.165) is 27.8 Å². The maximum atomic E-state index is 4.56. The third-order valence-corrected chi connectivity index (χ3v) is 3.33. The van der Waals surface area contributed by atoms with Crippen LogP contribution in [0.3, 0.4) is 0 Å². The van der Waals surface area contributed by atoms with Crippen LogP contribution in [0.2, 0.25) is 0 Å². The molecule has 0 aliphatic rings. The molecule has 0 saturated heterocycles. The zero-order valence-corrected chi connectivity index (χ0v) is 11.6. The highest BCUT2D eigenvalue weighted by Crippen LogP contribution is 2.26. The van der Waals surface area contributed by atoms with Gasteiger partial charge in [0.1, 0.15) is 0 Å². The Morgan fingerprint density at radius 2 is 1.91 bits per heavy atom. The lowest BCUT2D eigenvalue weighted by molar-refractivity contribution is 1.16. The van der Waals surface area contributed by atoms with Gasteiger partial charge in [-0.25, -0.2) is 9.97 Å². The van der Waals surface area contributed by atoms with Crippen molar-refractivity contribution in [3.05, 3.63) is 61.4 Å². The molecule has 0 fully saturated rings.